The van der Waals surface area contributed by atoms with Gasteiger partial charge < -0.3 is 9.73 Å². The zero-order chi connectivity index (χ0) is 19.5. The monoisotopic (exact) mass is 413 g/mol. The molecule has 2 aromatic carbocycles. The fourth-order valence-corrected chi connectivity index (χ4v) is 3.31. The first-order chi connectivity index (χ1) is 13.6. The molecule has 0 saturated carbocycles. The topological polar surface area (TPSA) is 103 Å². The van der Waals surface area contributed by atoms with Crippen LogP contribution in [0, 0.1) is 0 Å². The molecule has 1 amide bonds. The lowest BCUT2D eigenvalue weighted by Crippen LogP contribution is -2.14. The number of tetrazole rings is 1. The number of benzene rings is 2. The van der Waals surface area contributed by atoms with E-state index in [-0.39, 0.29) is 11.7 Å². The van der Waals surface area contributed by atoms with Crippen LogP contribution in [0.15, 0.2) is 69.0 Å². The van der Waals surface area contributed by atoms with Gasteiger partial charge in [0.05, 0.1) is 11.4 Å². The van der Waals surface area contributed by atoms with E-state index in [9.17, 15) is 9.59 Å². The van der Waals surface area contributed by atoms with Crippen LogP contribution in [-0.2, 0) is 4.79 Å². The van der Waals surface area contributed by atoms with Gasteiger partial charge in [0.2, 0.25) is 11.1 Å². The Morgan fingerprint density at radius 3 is 2.79 bits per heavy atom. The SMILES string of the molecule is O=C(CSc1nnnn1-c1ccc(Cl)cc1)Nc1ccc2oc(=O)ccc2c1. The van der Waals surface area contributed by atoms with E-state index in [1.807, 2.05) is 0 Å². The van der Waals surface area contributed by atoms with Gasteiger partial charge in [0.1, 0.15) is 5.58 Å². The van der Waals surface area contributed by atoms with Crippen LogP contribution < -0.4 is 10.9 Å². The molecule has 10 heteroatoms. The Bertz CT molecular complexity index is 1210. The summed E-state index contributed by atoms with van der Waals surface area (Å²) in [5.74, 6) is -0.0945. The zero-order valence-corrected chi connectivity index (χ0v) is 15.8. The number of nitrogens with one attached hydrogen (secondary N) is 1. The number of anilines is 1. The van der Waals surface area contributed by atoms with E-state index < -0.39 is 5.63 Å². The van der Waals surface area contributed by atoms with Gasteiger partial charge in [-0.3, -0.25) is 4.79 Å². The molecule has 2 aromatic heterocycles. The van der Waals surface area contributed by atoms with Crippen molar-refractivity contribution in [1.82, 2.24) is 20.2 Å². The summed E-state index contributed by atoms with van der Waals surface area (Å²) in [5.41, 5.74) is 1.39. The molecule has 0 aliphatic rings. The van der Waals surface area contributed by atoms with E-state index in [4.69, 9.17) is 16.0 Å². The molecule has 0 fully saturated rings. The molecule has 28 heavy (non-hydrogen) atoms. The fourth-order valence-electron chi connectivity index (χ4n) is 2.49. The van der Waals surface area contributed by atoms with E-state index in [2.05, 4.69) is 20.8 Å². The van der Waals surface area contributed by atoms with Gasteiger partial charge in [-0.15, -0.1) is 5.10 Å². The smallest absolute Gasteiger partial charge is 0.336 e. The van der Waals surface area contributed by atoms with Gasteiger partial charge >= 0.3 is 5.63 Å². The molecular weight excluding hydrogens is 402 g/mol. The standard InChI is InChI=1S/C18H12ClN5O3S/c19-12-2-5-14(6-3-12)24-18(21-22-23-24)28-10-16(25)20-13-4-7-15-11(9-13)1-8-17(26)27-15/h1-9H,10H2,(H,20,25). The van der Waals surface area contributed by atoms with Crippen LogP contribution in [0.4, 0.5) is 5.69 Å². The van der Waals surface area contributed by atoms with Crippen LogP contribution in [0.5, 0.6) is 0 Å². The first-order valence-corrected chi connectivity index (χ1v) is 9.46. The van der Waals surface area contributed by atoms with Crippen LogP contribution in [-0.4, -0.2) is 31.9 Å². The number of fused-ring (bicyclic) bond motifs is 1. The van der Waals surface area contributed by atoms with Crippen molar-refractivity contribution < 1.29 is 9.21 Å². The van der Waals surface area contributed by atoms with Crippen molar-refractivity contribution >= 4 is 45.9 Å². The number of carbonyl (C=O) groups excluding carboxylic acids is 1. The van der Waals surface area contributed by atoms with E-state index in [1.165, 1.54) is 22.5 Å². The summed E-state index contributed by atoms with van der Waals surface area (Å²) < 4.78 is 6.61. The molecule has 0 atom stereocenters. The van der Waals surface area contributed by atoms with Crippen LogP contribution in [0.2, 0.25) is 5.02 Å². The molecule has 0 bridgehead atoms. The third-order valence-corrected chi connectivity index (χ3v) is 4.92. The molecule has 0 aliphatic heterocycles. The summed E-state index contributed by atoms with van der Waals surface area (Å²) in [5, 5.41) is 16.2. The van der Waals surface area contributed by atoms with Gasteiger partial charge in [-0.25, -0.2) is 4.79 Å². The van der Waals surface area contributed by atoms with Crippen molar-refractivity contribution in [3.05, 3.63) is 70.0 Å². The van der Waals surface area contributed by atoms with Gasteiger partial charge in [-0.2, -0.15) is 4.68 Å². The highest BCUT2D eigenvalue weighted by molar-refractivity contribution is 7.99. The Balaban J connectivity index is 1.43. The second-order valence-corrected chi connectivity index (χ2v) is 7.07. The molecular formula is C18H12ClN5O3S. The minimum atomic E-state index is -0.418. The number of halogens is 1. The lowest BCUT2D eigenvalue weighted by molar-refractivity contribution is -0.113. The van der Waals surface area contributed by atoms with E-state index in [1.54, 1.807) is 48.5 Å². The number of rotatable bonds is 5. The normalized spacial score (nSPS) is 10.9. The highest BCUT2D eigenvalue weighted by Gasteiger charge is 2.12. The molecule has 0 aliphatic carbocycles. The van der Waals surface area contributed by atoms with Crippen molar-refractivity contribution in [2.75, 3.05) is 11.1 Å². The number of carbonyl (C=O) groups is 1. The van der Waals surface area contributed by atoms with Crippen LogP contribution in [0.1, 0.15) is 0 Å². The second kappa shape index (κ2) is 7.83. The van der Waals surface area contributed by atoms with Gasteiger partial charge in [-0.1, -0.05) is 23.4 Å². The highest BCUT2D eigenvalue weighted by atomic mass is 35.5. The third kappa shape index (κ3) is 4.05. The first-order valence-electron chi connectivity index (χ1n) is 8.09. The largest absolute Gasteiger partial charge is 0.423 e. The summed E-state index contributed by atoms with van der Waals surface area (Å²) in [6, 6.07) is 15.1. The molecule has 8 nitrogen and oxygen atoms in total. The molecule has 2 heterocycles. The Labute approximate surface area is 167 Å². The minimum Gasteiger partial charge on any atom is -0.423 e. The van der Waals surface area contributed by atoms with Crippen LogP contribution >= 0.6 is 23.4 Å². The number of hydrogen-bond acceptors (Lipinski definition) is 7. The Hall–Kier alpha value is -3.17. The summed E-state index contributed by atoms with van der Waals surface area (Å²) in [6.45, 7) is 0. The average molecular weight is 414 g/mol. The average Bonchev–Trinajstić information content (AvgIpc) is 3.16. The Morgan fingerprint density at radius 2 is 1.96 bits per heavy atom. The molecule has 4 rings (SSSR count). The van der Waals surface area contributed by atoms with Crippen molar-refractivity contribution in [3.8, 4) is 5.69 Å². The highest BCUT2D eigenvalue weighted by Crippen LogP contribution is 2.21. The third-order valence-electron chi connectivity index (χ3n) is 3.75. The van der Waals surface area contributed by atoms with Crippen LogP contribution in [0.25, 0.3) is 16.7 Å². The van der Waals surface area contributed by atoms with E-state index >= 15 is 0 Å². The summed E-state index contributed by atoms with van der Waals surface area (Å²) in [6.07, 6.45) is 0. The van der Waals surface area contributed by atoms with Crippen LogP contribution in [0.3, 0.4) is 0 Å². The summed E-state index contributed by atoms with van der Waals surface area (Å²) >= 11 is 7.10. The Morgan fingerprint density at radius 1 is 1.14 bits per heavy atom. The fraction of sp³-hybridized carbons (Fsp3) is 0.0556. The summed E-state index contributed by atoms with van der Waals surface area (Å²) in [4.78, 5) is 23.5. The zero-order valence-electron chi connectivity index (χ0n) is 14.2. The summed E-state index contributed by atoms with van der Waals surface area (Å²) in [7, 11) is 0. The lowest BCUT2D eigenvalue weighted by atomic mass is 10.2. The minimum absolute atomic E-state index is 0.121. The molecule has 4 aromatic rings. The van der Waals surface area contributed by atoms with Gasteiger partial charge in [0.15, 0.2) is 0 Å². The van der Waals surface area contributed by atoms with Gasteiger partial charge in [0.25, 0.3) is 0 Å². The number of aromatic nitrogens is 4. The Kier molecular flexibility index (Phi) is 5.09. The quantitative estimate of drug-likeness (QED) is 0.396. The molecule has 140 valence electrons. The first kappa shape index (κ1) is 18.2. The molecule has 0 radical (unpaired) electrons. The number of thioether (sulfide) groups is 1. The van der Waals surface area contributed by atoms with Crippen molar-refractivity contribution in [2.24, 2.45) is 0 Å². The van der Waals surface area contributed by atoms with Crippen molar-refractivity contribution in [1.29, 1.82) is 0 Å². The molecule has 0 spiro atoms. The number of amides is 1. The maximum Gasteiger partial charge on any atom is 0.336 e. The van der Waals surface area contributed by atoms with Crippen molar-refractivity contribution in [3.63, 3.8) is 0 Å². The van der Waals surface area contributed by atoms with Gasteiger partial charge in [0, 0.05) is 22.2 Å². The van der Waals surface area contributed by atoms with Gasteiger partial charge in [-0.05, 0) is 59.0 Å². The molecule has 0 unspecified atom stereocenters. The molecule has 0 saturated heterocycles. The van der Waals surface area contributed by atoms with E-state index in [0.29, 0.717) is 21.4 Å². The predicted molar refractivity (Wildman–Crippen MR) is 106 cm³/mol. The second-order valence-electron chi connectivity index (χ2n) is 5.69. The molecule has 1 N–H and O–H groups in total. The van der Waals surface area contributed by atoms with E-state index in [0.717, 1.165) is 11.1 Å². The maximum atomic E-state index is 12.3. The number of hydrogen-bond donors (Lipinski definition) is 1. The number of nitrogens with zero attached hydrogens (tertiary/aromatic N) is 4. The predicted octanol–water partition coefficient (Wildman–Crippen LogP) is 3.15. The lowest BCUT2D eigenvalue weighted by Gasteiger charge is -2.06. The maximum absolute atomic E-state index is 12.3. The van der Waals surface area contributed by atoms with Crippen molar-refractivity contribution in [2.45, 2.75) is 5.16 Å².